The van der Waals surface area contributed by atoms with Gasteiger partial charge in [-0.1, -0.05) is 11.6 Å². The van der Waals surface area contributed by atoms with E-state index in [1.807, 2.05) is 0 Å². The number of carboxylic acid groups (broad SMARTS) is 1. The summed E-state index contributed by atoms with van der Waals surface area (Å²) in [5, 5.41) is 18.5. The van der Waals surface area contributed by atoms with Crippen LogP contribution in [0, 0.1) is 10.1 Å². The van der Waals surface area contributed by atoms with Crippen LogP contribution in [0.1, 0.15) is 5.56 Å². The second kappa shape index (κ2) is 4.62. The SMILES string of the molecule is O=C(O)C(F)(F)Cc1cc([N+](=O)[O-])ccc1Cl. The van der Waals surface area contributed by atoms with Gasteiger partial charge in [-0.3, -0.25) is 10.1 Å². The Morgan fingerprint density at radius 3 is 2.59 bits per heavy atom. The highest BCUT2D eigenvalue weighted by molar-refractivity contribution is 6.31. The zero-order valence-corrected chi connectivity index (χ0v) is 8.95. The van der Waals surface area contributed by atoms with Crippen molar-refractivity contribution in [3.8, 4) is 0 Å². The molecule has 0 radical (unpaired) electrons. The van der Waals surface area contributed by atoms with E-state index in [1.54, 1.807) is 0 Å². The van der Waals surface area contributed by atoms with Crippen LogP contribution in [-0.4, -0.2) is 21.9 Å². The van der Waals surface area contributed by atoms with Gasteiger partial charge in [-0.05, 0) is 11.6 Å². The Kier molecular flexibility index (Phi) is 3.62. The van der Waals surface area contributed by atoms with E-state index in [-0.39, 0.29) is 10.6 Å². The predicted octanol–water partition coefficient (Wildman–Crippen LogP) is 2.51. The van der Waals surface area contributed by atoms with E-state index in [0.29, 0.717) is 0 Å². The molecular weight excluding hydrogens is 260 g/mol. The Morgan fingerprint density at radius 1 is 1.53 bits per heavy atom. The van der Waals surface area contributed by atoms with Gasteiger partial charge >= 0.3 is 11.9 Å². The van der Waals surface area contributed by atoms with E-state index >= 15 is 0 Å². The molecule has 1 N–H and O–H groups in total. The quantitative estimate of drug-likeness (QED) is 0.670. The van der Waals surface area contributed by atoms with E-state index in [9.17, 15) is 23.7 Å². The second-order valence-electron chi connectivity index (χ2n) is 3.22. The Balaban J connectivity index is 3.10. The van der Waals surface area contributed by atoms with Crippen LogP contribution in [0.2, 0.25) is 5.02 Å². The molecule has 0 spiro atoms. The zero-order chi connectivity index (χ0) is 13.2. The van der Waals surface area contributed by atoms with Crippen molar-refractivity contribution >= 4 is 23.3 Å². The lowest BCUT2D eigenvalue weighted by molar-refractivity contribution is -0.384. The lowest BCUT2D eigenvalue weighted by Crippen LogP contribution is -2.30. The maximum atomic E-state index is 12.9. The number of halogens is 3. The Hall–Kier alpha value is -1.76. The Bertz CT molecular complexity index is 478. The minimum absolute atomic E-state index is 0.142. The average Bonchev–Trinajstić information content (AvgIpc) is 2.20. The van der Waals surface area contributed by atoms with Crippen molar-refractivity contribution in [3.63, 3.8) is 0 Å². The monoisotopic (exact) mass is 265 g/mol. The maximum Gasteiger partial charge on any atom is 0.374 e. The number of aliphatic carboxylic acids is 1. The summed E-state index contributed by atoms with van der Waals surface area (Å²) >= 11 is 5.56. The highest BCUT2D eigenvalue weighted by Crippen LogP contribution is 2.28. The molecule has 1 aromatic rings. The van der Waals surface area contributed by atoms with Gasteiger partial charge in [-0.15, -0.1) is 0 Å². The van der Waals surface area contributed by atoms with Gasteiger partial charge in [0, 0.05) is 23.6 Å². The number of hydrogen-bond acceptors (Lipinski definition) is 3. The molecule has 0 saturated carbocycles. The van der Waals surface area contributed by atoms with E-state index in [2.05, 4.69) is 0 Å². The van der Waals surface area contributed by atoms with E-state index in [1.165, 1.54) is 0 Å². The molecule has 0 unspecified atom stereocenters. The topological polar surface area (TPSA) is 80.4 Å². The minimum atomic E-state index is -4.02. The largest absolute Gasteiger partial charge is 0.477 e. The summed E-state index contributed by atoms with van der Waals surface area (Å²) in [5.74, 6) is -6.32. The van der Waals surface area contributed by atoms with Gasteiger partial charge in [0.1, 0.15) is 0 Å². The van der Waals surface area contributed by atoms with Crippen LogP contribution in [0.15, 0.2) is 18.2 Å². The molecule has 0 bridgehead atoms. The van der Waals surface area contributed by atoms with E-state index in [4.69, 9.17) is 16.7 Å². The predicted molar refractivity (Wildman–Crippen MR) is 54.4 cm³/mol. The molecule has 5 nitrogen and oxygen atoms in total. The normalized spacial score (nSPS) is 11.2. The van der Waals surface area contributed by atoms with Gasteiger partial charge in [-0.2, -0.15) is 8.78 Å². The maximum absolute atomic E-state index is 12.9. The third kappa shape index (κ3) is 3.10. The first kappa shape index (κ1) is 13.3. The molecule has 0 amide bonds. The fraction of sp³-hybridized carbons (Fsp3) is 0.222. The number of hydrogen-bond donors (Lipinski definition) is 1. The molecule has 0 aliphatic heterocycles. The van der Waals surface area contributed by atoms with E-state index in [0.717, 1.165) is 18.2 Å². The number of nitro groups is 1. The van der Waals surface area contributed by atoms with Crippen LogP contribution in [0.3, 0.4) is 0 Å². The number of carbonyl (C=O) groups is 1. The third-order valence-corrected chi connectivity index (χ3v) is 2.33. The van der Waals surface area contributed by atoms with Gasteiger partial charge in [0.2, 0.25) is 0 Å². The molecular formula is C9H6ClF2NO4. The molecule has 0 aliphatic rings. The van der Waals surface area contributed by atoms with Crippen LogP contribution in [0.4, 0.5) is 14.5 Å². The smallest absolute Gasteiger partial charge is 0.374 e. The van der Waals surface area contributed by atoms with Crippen LogP contribution < -0.4 is 0 Å². The third-order valence-electron chi connectivity index (χ3n) is 1.97. The summed E-state index contributed by atoms with van der Waals surface area (Å²) in [6.07, 6.45) is -1.19. The number of carboxylic acids is 1. The van der Waals surface area contributed by atoms with Crippen molar-refractivity contribution in [1.29, 1.82) is 0 Å². The number of nitro benzene ring substituents is 1. The van der Waals surface area contributed by atoms with Crippen molar-refractivity contribution in [2.45, 2.75) is 12.3 Å². The molecule has 0 fully saturated rings. The lowest BCUT2D eigenvalue weighted by atomic mass is 10.1. The summed E-state index contributed by atoms with van der Waals surface area (Å²) in [7, 11) is 0. The summed E-state index contributed by atoms with van der Waals surface area (Å²) in [4.78, 5) is 19.9. The van der Waals surface area contributed by atoms with Crippen molar-refractivity contribution in [3.05, 3.63) is 38.9 Å². The van der Waals surface area contributed by atoms with Gasteiger partial charge in [0.25, 0.3) is 5.69 Å². The number of non-ortho nitro benzene ring substituents is 1. The molecule has 8 heteroatoms. The highest BCUT2D eigenvalue weighted by Gasteiger charge is 2.39. The first-order chi connectivity index (χ1) is 7.74. The summed E-state index contributed by atoms with van der Waals surface area (Å²) in [6.45, 7) is 0. The first-order valence-corrected chi connectivity index (χ1v) is 4.66. The number of benzene rings is 1. The molecule has 0 aliphatic carbocycles. The summed E-state index contributed by atoms with van der Waals surface area (Å²) in [5.41, 5.74) is -0.709. The molecule has 0 atom stereocenters. The first-order valence-electron chi connectivity index (χ1n) is 4.28. The number of alkyl halides is 2. The van der Waals surface area contributed by atoms with Gasteiger partial charge in [0.15, 0.2) is 0 Å². The summed E-state index contributed by atoms with van der Waals surface area (Å²) in [6, 6.07) is 2.96. The fourth-order valence-corrected chi connectivity index (χ4v) is 1.31. The van der Waals surface area contributed by atoms with Crippen LogP contribution in [-0.2, 0) is 11.2 Å². The Morgan fingerprint density at radius 2 is 2.12 bits per heavy atom. The van der Waals surface area contributed by atoms with Crippen molar-refractivity contribution < 1.29 is 23.6 Å². The van der Waals surface area contributed by atoms with Crippen LogP contribution in [0.5, 0.6) is 0 Å². The Labute approximate surface area is 98.8 Å². The van der Waals surface area contributed by atoms with Crippen molar-refractivity contribution in [2.24, 2.45) is 0 Å². The molecule has 17 heavy (non-hydrogen) atoms. The molecule has 0 saturated heterocycles. The number of nitrogens with zero attached hydrogens (tertiary/aromatic N) is 1. The van der Waals surface area contributed by atoms with E-state index < -0.39 is 28.9 Å². The minimum Gasteiger partial charge on any atom is -0.477 e. The second-order valence-corrected chi connectivity index (χ2v) is 3.63. The summed E-state index contributed by atoms with van der Waals surface area (Å²) < 4.78 is 25.8. The van der Waals surface area contributed by atoms with Crippen molar-refractivity contribution in [2.75, 3.05) is 0 Å². The fourth-order valence-electron chi connectivity index (χ4n) is 1.12. The molecule has 92 valence electrons. The van der Waals surface area contributed by atoms with Crippen LogP contribution in [0.25, 0.3) is 0 Å². The van der Waals surface area contributed by atoms with Gasteiger partial charge in [0.05, 0.1) is 4.92 Å². The van der Waals surface area contributed by atoms with Gasteiger partial charge in [-0.25, -0.2) is 4.79 Å². The zero-order valence-electron chi connectivity index (χ0n) is 8.19. The average molecular weight is 266 g/mol. The van der Waals surface area contributed by atoms with Crippen LogP contribution >= 0.6 is 11.6 Å². The highest BCUT2D eigenvalue weighted by atomic mass is 35.5. The molecule has 1 rings (SSSR count). The standard InChI is InChI=1S/C9H6ClF2NO4/c10-7-2-1-6(13(16)17)3-5(7)4-9(11,12)8(14)15/h1-3H,4H2,(H,14,15). The number of rotatable bonds is 4. The lowest BCUT2D eigenvalue weighted by Gasteiger charge is -2.11. The molecule has 1 aromatic carbocycles. The van der Waals surface area contributed by atoms with Gasteiger partial charge < -0.3 is 5.11 Å². The molecule has 0 heterocycles. The molecule has 0 aromatic heterocycles. The van der Waals surface area contributed by atoms with Crippen molar-refractivity contribution in [1.82, 2.24) is 0 Å².